The second kappa shape index (κ2) is 22.7. The van der Waals surface area contributed by atoms with Crippen LogP contribution in [0.5, 0.6) is 23.0 Å². The lowest BCUT2D eigenvalue weighted by Gasteiger charge is -2.28. The zero-order valence-corrected chi connectivity index (χ0v) is 33.9. The van der Waals surface area contributed by atoms with E-state index >= 15 is 0 Å². The average molecular weight is 925 g/mol. The zero-order valence-electron chi connectivity index (χ0n) is 33.9. The number of benzene rings is 3. The molecule has 3 rings (SSSR count). The van der Waals surface area contributed by atoms with Crippen molar-refractivity contribution in [2.75, 3.05) is 13.2 Å². The molecule has 0 saturated carbocycles. The van der Waals surface area contributed by atoms with E-state index in [-0.39, 0.29) is 48.7 Å². The fraction of sp³-hybridized carbons (Fsp3) is 0.535. The van der Waals surface area contributed by atoms with Gasteiger partial charge in [-0.05, 0) is 93.3 Å². The predicted molar refractivity (Wildman–Crippen MR) is 202 cm³/mol. The van der Waals surface area contributed by atoms with Gasteiger partial charge < -0.3 is 18.9 Å². The summed E-state index contributed by atoms with van der Waals surface area (Å²) in [7, 11) is 0. The summed E-state index contributed by atoms with van der Waals surface area (Å²) in [6.07, 6.45) is -12.6. The van der Waals surface area contributed by atoms with Crippen molar-refractivity contribution in [3.8, 4) is 23.0 Å². The minimum Gasteiger partial charge on any atom is -0.494 e. The Morgan fingerprint density at radius 3 is 1.05 bits per heavy atom. The smallest absolute Gasteiger partial charge is 0.459 e. The molecule has 6 nitrogen and oxygen atoms in total. The Bertz CT molecular complexity index is 1750. The summed E-state index contributed by atoms with van der Waals surface area (Å²) in [6, 6.07) is 16.5. The second-order valence-corrected chi connectivity index (χ2v) is 14.7. The number of rotatable bonds is 26. The van der Waals surface area contributed by atoms with E-state index in [2.05, 4.69) is 0 Å². The molecule has 0 radical (unpaired) electrons. The van der Waals surface area contributed by atoms with Crippen molar-refractivity contribution >= 4 is 11.9 Å². The van der Waals surface area contributed by atoms with Gasteiger partial charge in [0.25, 0.3) is 0 Å². The molecule has 0 aliphatic rings. The summed E-state index contributed by atoms with van der Waals surface area (Å²) < 4.78 is 201. The van der Waals surface area contributed by atoms with Gasteiger partial charge in [0, 0.05) is 18.4 Å². The Balaban J connectivity index is 1.33. The van der Waals surface area contributed by atoms with E-state index in [0.717, 1.165) is 0 Å². The molecule has 0 saturated heterocycles. The van der Waals surface area contributed by atoms with E-state index in [1.54, 1.807) is 6.92 Å². The van der Waals surface area contributed by atoms with Crippen LogP contribution in [-0.4, -0.2) is 61.2 Å². The van der Waals surface area contributed by atoms with Crippen molar-refractivity contribution in [1.29, 1.82) is 0 Å². The predicted octanol–water partition coefficient (Wildman–Crippen LogP) is 14.3. The van der Waals surface area contributed by atoms with Gasteiger partial charge in [-0.25, -0.2) is 9.59 Å². The lowest BCUT2D eigenvalue weighted by atomic mass is 10.0. The Morgan fingerprint density at radius 1 is 0.429 bits per heavy atom. The Morgan fingerprint density at radius 2 is 0.730 bits per heavy atom. The van der Waals surface area contributed by atoms with Crippen molar-refractivity contribution in [2.24, 2.45) is 0 Å². The molecule has 3 aromatic carbocycles. The number of hydrogen-bond donors (Lipinski definition) is 0. The minimum absolute atomic E-state index is 0.0603. The third-order valence-electron chi connectivity index (χ3n) is 9.76. The monoisotopic (exact) mass is 924 g/mol. The molecule has 0 aliphatic heterocycles. The first-order chi connectivity index (χ1) is 29.3. The third kappa shape index (κ3) is 15.2. The van der Waals surface area contributed by atoms with Crippen LogP contribution in [0.4, 0.5) is 61.5 Å². The van der Waals surface area contributed by atoms with Crippen LogP contribution in [0.3, 0.4) is 0 Å². The van der Waals surface area contributed by atoms with Gasteiger partial charge in [0.05, 0.1) is 24.3 Å². The van der Waals surface area contributed by atoms with E-state index in [0.29, 0.717) is 68.4 Å². The first-order valence-corrected chi connectivity index (χ1v) is 19.9. The maximum atomic E-state index is 13.4. The third-order valence-corrected chi connectivity index (χ3v) is 9.76. The maximum Gasteiger partial charge on any atom is 0.459 e. The number of carbonyl (C=O) groups excluding carboxylic acids is 2. The first kappa shape index (κ1) is 52.6. The molecular weight excluding hydrogens is 878 g/mol. The summed E-state index contributed by atoms with van der Waals surface area (Å²) in [6.45, 7) is 2.09. The number of ether oxygens (including phenoxy) is 4. The summed E-state index contributed by atoms with van der Waals surface area (Å²) >= 11 is 0. The molecule has 0 amide bonds. The molecule has 0 N–H and O–H groups in total. The average Bonchev–Trinajstić information content (AvgIpc) is 3.20. The molecule has 63 heavy (non-hydrogen) atoms. The molecule has 3 aromatic rings. The lowest BCUT2D eigenvalue weighted by Crippen LogP contribution is -2.51. The molecule has 20 heteroatoms. The quantitative estimate of drug-likeness (QED) is 0.0346. The number of hydrogen-bond acceptors (Lipinski definition) is 6. The maximum absolute atomic E-state index is 13.4. The van der Waals surface area contributed by atoms with Crippen LogP contribution in [0.15, 0.2) is 66.7 Å². The summed E-state index contributed by atoms with van der Waals surface area (Å²) in [5.41, 5.74) is 0.696. The molecule has 0 heterocycles. The number of alkyl halides is 14. The molecule has 0 spiro atoms. The highest BCUT2D eigenvalue weighted by Crippen LogP contribution is 2.50. The van der Waals surface area contributed by atoms with E-state index in [4.69, 9.17) is 18.9 Å². The van der Waals surface area contributed by atoms with Crippen molar-refractivity contribution in [3.63, 3.8) is 0 Å². The van der Waals surface area contributed by atoms with Gasteiger partial charge >= 0.3 is 48.0 Å². The summed E-state index contributed by atoms with van der Waals surface area (Å²) in [5, 5.41) is 0. The Labute approximate surface area is 354 Å². The van der Waals surface area contributed by atoms with Crippen LogP contribution < -0.4 is 18.9 Å². The molecular formula is C43H46F14O6. The standard InChI is InChI=1S/C43H46F14O6/c1-29-34(62-36(58)30-17-21-32(22-18-30)60-27-12-8-4-2-6-10-25-38(44,45)40(48,49)42(52,53)54)15-14-16-35(29)63-37(59)31-19-23-33(24-20-31)61-28-13-9-5-3-7-11-26-39(46,47)41(50,51)43(55,56)57/h14-24H,2-13,25-28H2,1H3. The summed E-state index contributed by atoms with van der Waals surface area (Å²) in [5.74, 6) is -22.9. The molecule has 0 fully saturated rings. The summed E-state index contributed by atoms with van der Waals surface area (Å²) in [4.78, 5) is 25.8. The highest BCUT2D eigenvalue weighted by atomic mass is 19.4. The minimum atomic E-state index is -6.33. The second-order valence-electron chi connectivity index (χ2n) is 14.7. The van der Waals surface area contributed by atoms with Gasteiger partial charge in [-0.2, -0.15) is 61.5 Å². The van der Waals surface area contributed by atoms with E-state index < -0.39 is 73.7 Å². The van der Waals surface area contributed by atoms with Crippen LogP contribution in [0.2, 0.25) is 0 Å². The number of esters is 2. The van der Waals surface area contributed by atoms with Gasteiger partial charge in [-0.3, -0.25) is 0 Å². The number of carbonyl (C=O) groups is 2. The van der Waals surface area contributed by atoms with Crippen LogP contribution >= 0.6 is 0 Å². The molecule has 0 bridgehead atoms. The SMILES string of the molecule is Cc1c(OC(=O)c2ccc(OCCCCCCCCC(F)(F)C(F)(F)C(F)(F)F)cc2)cccc1OC(=O)c1ccc(OCCCCCCCCC(F)(F)C(F)(F)C(F)(F)F)cc1. The topological polar surface area (TPSA) is 71.1 Å². The number of halogens is 14. The first-order valence-electron chi connectivity index (χ1n) is 19.9. The molecule has 0 atom stereocenters. The van der Waals surface area contributed by atoms with Gasteiger partial charge in [0.2, 0.25) is 0 Å². The van der Waals surface area contributed by atoms with E-state index in [1.807, 2.05) is 0 Å². The van der Waals surface area contributed by atoms with Crippen LogP contribution in [0.25, 0.3) is 0 Å². The van der Waals surface area contributed by atoms with Crippen LogP contribution in [0.1, 0.15) is 116 Å². The molecule has 352 valence electrons. The molecule has 0 aliphatic carbocycles. The van der Waals surface area contributed by atoms with Crippen molar-refractivity contribution in [1.82, 2.24) is 0 Å². The van der Waals surface area contributed by atoms with E-state index in [1.165, 1.54) is 66.7 Å². The van der Waals surface area contributed by atoms with Crippen LogP contribution in [0, 0.1) is 6.92 Å². The van der Waals surface area contributed by atoms with Crippen LogP contribution in [-0.2, 0) is 0 Å². The lowest BCUT2D eigenvalue weighted by molar-refractivity contribution is -0.356. The zero-order chi connectivity index (χ0) is 47.1. The highest BCUT2D eigenvalue weighted by Gasteiger charge is 2.73. The fourth-order valence-corrected chi connectivity index (χ4v) is 5.93. The van der Waals surface area contributed by atoms with E-state index in [9.17, 15) is 71.1 Å². The van der Waals surface area contributed by atoms with Crippen molar-refractivity contribution in [3.05, 3.63) is 83.4 Å². The van der Waals surface area contributed by atoms with Gasteiger partial charge in [0.15, 0.2) is 0 Å². The van der Waals surface area contributed by atoms with Gasteiger partial charge in [-0.15, -0.1) is 0 Å². The highest BCUT2D eigenvalue weighted by molar-refractivity contribution is 5.92. The molecule has 0 aromatic heterocycles. The Kier molecular flexibility index (Phi) is 19.0. The number of unbranched alkanes of at least 4 members (excludes halogenated alkanes) is 10. The normalized spacial score (nSPS) is 12.9. The largest absolute Gasteiger partial charge is 0.494 e. The molecule has 0 unspecified atom stereocenters. The fourth-order valence-electron chi connectivity index (χ4n) is 5.93. The Hall–Kier alpha value is -4.78. The van der Waals surface area contributed by atoms with Crippen molar-refractivity contribution < 1.29 is 90.0 Å². The van der Waals surface area contributed by atoms with Gasteiger partial charge in [-0.1, -0.05) is 57.4 Å². The van der Waals surface area contributed by atoms with Gasteiger partial charge in [0.1, 0.15) is 23.0 Å². The van der Waals surface area contributed by atoms with Crippen molar-refractivity contribution in [2.45, 2.75) is 133 Å².